The van der Waals surface area contributed by atoms with E-state index in [1.54, 1.807) is 0 Å². The Morgan fingerprint density at radius 1 is 1.09 bits per heavy atom. The van der Waals surface area contributed by atoms with Crippen LogP contribution in [0.2, 0.25) is 0 Å². The second kappa shape index (κ2) is 10.2. The number of nitrogens with zero attached hydrogens (tertiary/aromatic N) is 4. The molecular formula is C17H32N6. The normalized spacial score (nSPS) is 15.1. The molecule has 0 radical (unpaired) electrons. The van der Waals surface area contributed by atoms with Gasteiger partial charge in [0.2, 0.25) is 0 Å². The Balaban J connectivity index is 1.70. The minimum absolute atomic E-state index is 0.840. The summed E-state index contributed by atoms with van der Waals surface area (Å²) in [5, 5.41) is 15.5. The molecule has 0 atom stereocenters. The number of hydrogen-bond acceptors (Lipinski definition) is 3. The van der Waals surface area contributed by atoms with E-state index in [2.05, 4.69) is 37.3 Å². The second-order valence-corrected chi connectivity index (χ2v) is 6.23. The molecule has 0 amide bonds. The number of unbranched alkanes of at least 4 members (excludes halogenated alkanes) is 3. The number of nitrogens with one attached hydrogen (secondary N) is 2. The molecule has 1 aliphatic heterocycles. The van der Waals surface area contributed by atoms with Crippen LogP contribution in [0.4, 0.5) is 0 Å². The maximum atomic E-state index is 4.37. The number of fused-ring (bicyclic) bond motifs is 1. The molecule has 0 bridgehead atoms. The molecule has 2 heterocycles. The predicted molar refractivity (Wildman–Crippen MR) is 94.8 cm³/mol. The van der Waals surface area contributed by atoms with Crippen molar-refractivity contribution in [2.24, 2.45) is 4.99 Å². The summed E-state index contributed by atoms with van der Waals surface area (Å²) >= 11 is 0. The van der Waals surface area contributed by atoms with E-state index in [4.69, 9.17) is 0 Å². The first-order valence-corrected chi connectivity index (χ1v) is 9.20. The number of aryl methyl sites for hydroxylation is 1. The molecule has 6 heteroatoms. The Labute approximate surface area is 140 Å². The Bertz CT molecular complexity index is 479. The summed E-state index contributed by atoms with van der Waals surface area (Å²) in [5.74, 6) is 3.15. The minimum Gasteiger partial charge on any atom is -0.356 e. The third kappa shape index (κ3) is 5.84. The van der Waals surface area contributed by atoms with E-state index < -0.39 is 0 Å². The molecule has 0 aliphatic carbocycles. The first kappa shape index (κ1) is 17.8. The number of aromatic nitrogens is 3. The van der Waals surface area contributed by atoms with Gasteiger partial charge in [0.1, 0.15) is 11.6 Å². The van der Waals surface area contributed by atoms with E-state index in [-0.39, 0.29) is 0 Å². The molecule has 130 valence electrons. The second-order valence-electron chi connectivity index (χ2n) is 6.23. The summed E-state index contributed by atoms with van der Waals surface area (Å²) in [6, 6.07) is 0. The van der Waals surface area contributed by atoms with Crippen LogP contribution in [0.1, 0.15) is 63.5 Å². The van der Waals surface area contributed by atoms with Crippen LogP contribution in [-0.4, -0.2) is 40.9 Å². The smallest absolute Gasteiger partial charge is 0.190 e. The Morgan fingerprint density at radius 2 is 1.96 bits per heavy atom. The standard InChI is InChI=1S/C17H32N6/c1-3-4-5-8-12-19-17(18-2)20-13-11-16-22-21-15-10-7-6-9-14-23(15)16/h3-14H2,1-2H3,(H2,18,19,20). The quantitative estimate of drug-likeness (QED) is 0.438. The van der Waals surface area contributed by atoms with Crippen molar-refractivity contribution >= 4 is 5.96 Å². The summed E-state index contributed by atoms with van der Waals surface area (Å²) in [5.41, 5.74) is 0. The Hall–Kier alpha value is -1.59. The van der Waals surface area contributed by atoms with Gasteiger partial charge in [0.15, 0.2) is 5.96 Å². The van der Waals surface area contributed by atoms with Crippen molar-refractivity contribution in [1.29, 1.82) is 0 Å². The fraction of sp³-hybridized carbons (Fsp3) is 0.824. The summed E-state index contributed by atoms with van der Waals surface area (Å²) in [6.45, 7) is 5.13. The zero-order chi connectivity index (χ0) is 16.3. The van der Waals surface area contributed by atoms with Gasteiger partial charge in [0, 0.05) is 39.5 Å². The van der Waals surface area contributed by atoms with Crippen LogP contribution in [0.3, 0.4) is 0 Å². The lowest BCUT2D eigenvalue weighted by Gasteiger charge is -2.12. The molecule has 2 rings (SSSR count). The van der Waals surface area contributed by atoms with Gasteiger partial charge in [-0.2, -0.15) is 0 Å². The van der Waals surface area contributed by atoms with E-state index in [1.807, 2.05) is 7.05 Å². The zero-order valence-corrected chi connectivity index (χ0v) is 14.8. The minimum atomic E-state index is 0.840. The average molecular weight is 320 g/mol. The molecule has 1 aromatic rings. The largest absolute Gasteiger partial charge is 0.356 e. The van der Waals surface area contributed by atoms with Crippen LogP contribution in [0.25, 0.3) is 0 Å². The first-order valence-electron chi connectivity index (χ1n) is 9.20. The van der Waals surface area contributed by atoms with Gasteiger partial charge in [-0.1, -0.05) is 32.6 Å². The summed E-state index contributed by atoms with van der Waals surface area (Å²) in [4.78, 5) is 4.28. The molecule has 6 nitrogen and oxygen atoms in total. The number of aliphatic imine (C=N–C) groups is 1. The van der Waals surface area contributed by atoms with Gasteiger partial charge >= 0.3 is 0 Å². The van der Waals surface area contributed by atoms with E-state index >= 15 is 0 Å². The highest BCUT2D eigenvalue weighted by molar-refractivity contribution is 5.79. The van der Waals surface area contributed by atoms with Gasteiger partial charge in [-0.15, -0.1) is 10.2 Å². The van der Waals surface area contributed by atoms with Crippen LogP contribution < -0.4 is 10.6 Å². The highest BCUT2D eigenvalue weighted by atomic mass is 15.3. The van der Waals surface area contributed by atoms with Crippen molar-refractivity contribution < 1.29 is 0 Å². The molecule has 1 aromatic heterocycles. The van der Waals surface area contributed by atoms with Crippen LogP contribution in [0.15, 0.2) is 4.99 Å². The highest BCUT2D eigenvalue weighted by Gasteiger charge is 2.14. The maximum Gasteiger partial charge on any atom is 0.190 e. The van der Waals surface area contributed by atoms with Crippen molar-refractivity contribution in [2.75, 3.05) is 20.1 Å². The lowest BCUT2D eigenvalue weighted by Crippen LogP contribution is -2.39. The van der Waals surface area contributed by atoms with E-state index in [0.717, 1.165) is 50.1 Å². The van der Waals surface area contributed by atoms with Crippen molar-refractivity contribution in [2.45, 2.75) is 71.3 Å². The number of guanidine groups is 1. The zero-order valence-electron chi connectivity index (χ0n) is 14.8. The van der Waals surface area contributed by atoms with E-state index in [1.165, 1.54) is 44.9 Å². The van der Waals surface area contributed by atoms with Gasteiger partial charge in [-0.3, -0.25) is 4.99 Å². The van der Waals surface area contributed by atoms with Crippen LogP contribution in [0, 0.1) is 0 Å². The van der Waals surface area contributed by atoms with Gasteiger partial charge in [0.25, 0.3) is 0 Å². The summed E-state index contributed by atoms with van der Waals surface area (Å²) in [6.07, 6.45) is 10.8. The van der Waals surface area contributed by atoms with E-state index in [9.17, 15) is 0 Å². The monoisotopic (exact) mass is 320 g/mol. The maximum absolute atomic E-state index is 4.37. The SMILES string of the molecule is CCCCCCNC(=NC)NCCc1nnc2n1CCCCC2. The molecule has 0 spiro atoms. The van der Waals surface area contributed by atoms with Crippen molar-refractivity contribution in [3.63, 3.8) is 0 Å². The molecule has 0 aromatic carbocycles. The molecule has 0 unspecified atom stereocenters. The first-order chi connectivity index (χ1) is 11.3. The van der Waals surface area contributed by atoms with Crippen molar-refractivity contribution in [1.82, 2.24) is 25.4 Å². The molecule has 0 saturated carbocycles. The van der Waals surface area contributed by atoms with Gasteiger partial charge in [-0.05, 0) is 19.3 Å². The van der Waals surface area contributed by atoms with Crippen LogP contribution >= 0.6 is 0 Å². The fourth-order valence-electron chi connectivity index (χ4n) is 3.00. The predicted octanol–water partition coefficient (Wildman–Crippen LogP) is 2.29. The molecule has 0 saturated heterocycles. The molecule has 0 fully saturated rings. The number of hydrogen-bond donors (Lipinski definition) is 2. The topological polar surface area (TPSA) is 67.1 Å². The van der Waals surface area contributed by atoms with Crippen LogP contribution in [-0.2, 0) is 19.4 Å². The van der Waals surface area contributed by atoms with Gasteiger partial charge < -0.3 is 15.2 Å². The third-order valence-electron chi connectivity index (χ3n) is 4.37. The molecule has 23 heavy (non-hydrogen) atoms. The molecule has 1 aliphatic rings. The average Bonchev–Trinajstić information content (AvgIpc) is 2.80. The number of rotatable bonds is 8. The van der Waals surface area contributed by atoms with E-state index in [0.29, 0.717) is 0 Å². The summed E-state index contributed by atoms with van der Waals surface area (Å²) < 4.78 is 2.32. The highest BCUT2D eigenvalue weighted by Crippen LogP contribution is 2.14. The lowest BCUT2D eigenvalue weighted by molar-refractivity contribution is 0.599. The summed E-state index contributed by atoms with van der Waals surface area (Å²) in [7, 11) is 1.82. The molecular weight excluding hydrogens is 288 g/mol. The van der Waals surface area contributed by atoms with Crippen molar-refractivity contribution in [3.05, 3.63) is 11.6 Å². The third-order valence-corrected chi connectivity index (χ3v) is 4.37. The van der Waals surface area contributed by atoms with Crippen molar-refractivity contribution in [3.8, 4) is 0 Å². The Kier molecular flexibility index (Phi) is 7.90. The van der Waals surface area contributed by atoms with Gasteiger partial charge in [0.05, 0.1) is 0 Å². The van der Waals surface area contributed by atoms with Crippen LogP contribution in [0.5, 0.6) is 0 Å². The molecule has 2 N–H and O–H groups in total. The fourth-order valence-corrected chi connectivity index (χ4v) is 3.00. The van der Waals surface area contributed by atoms with Gasteiger partial charge in [-0.25, -0.2) is 0 Å². The lowest BCUT2D eigenvalue weighted by atomic mass is 10.2. The Morgan fingerprint density at radius 3 is 2.78 bits per heavy atom.